The molecule has 8 saturated carbocycles. The molecule has 11 fully saturated rings. The summed E-state index contributed by atoms with van der Waals surface area (Å²) in [7, 11) is 0. The Balaban J connectivity index is 0.963. The van der Waals surface area contributed by atoms with E-state index in [0.29, 0.717) is 113 Å². The topological polar surface area (TPSA) is 377 Å². The summed E-state index contributed by atoms with van der Waals surface area (Å²) in [6.45, 7) is 1.05. The number of nitrogens with one attached hydrogen (secondary N) is 8. The van der Waals surface area contributed by atoms with Crippen molar-refractivity contribution in [3.8, 4) is 0 Å². The number of benzene rings is 2. The molecule has 10 amide bonds. The van der Waals surface area contributed by atoms with Crippen LogP contribution in [-0.4, -0.2) is 169 Å². The average Bonchev–Trinajstić information content (AvgIpc) is 0.806. The SMILES string of the molecule is NCCC[C@@H]1NC(=O)[C@H](C23CC4CC(CC(C4)C2)C3)NC(=O)[C@H](CCCN)NC(=O)[C@@H]2CCCN2C(=O)[C@@H](Cc2ccccc2)NC(=O)[C@H](CCCN)NC(=O)[C@@H](C23CC4CC(CC(C4)C2)C3)NC(=O)[C@H](CCCN)NC(=O)[C@@H]2CCCN2C(=O)[C@@H](Cc2ccccc2)NC1=O. The largest absolute Gasteiger partial charge is 0.343 e. The van der Waals surface area contributed by atoms with Gasteiger partial charge in [-0.15, -0.1) is 0 Å². The van der Waals surface area contributed by atoms with Gasteiger partial charge in [-0.05, 0) is 227 Å². The first kappa shape index (κ1) is 70.3. The van der Waals surface area contributed by atoms with E-state index >= 15 is 47.9 Å². The zero-order chi connectivity index (χ0) is 67.7. The molecule has 0 aromatic heterocycles. The van der Waals surface area contributed by atoms with Crippen molar-refractivity contribution in [3.63, 3.8) is 0 Å². The van der Waals surface area contributed by atoms with Gasteiger partial charge in [-0.2, -0.15) is 0 Å². The molecular formula is C72H106N14O10. The zero-order valence-corrected chi connectivity index (χ0v) is 55.9. The first-order chi connectivity index (χ1) is 46.4. The molecule has 10 atom stereocenters. The van der Waals surface area contributed by atoms with E-state index in [0.717, 1.165) is 49.7 Å². The van der Waals surface area contributed by atoms with E-state index < -0.39 is 130 Å². The van der Waals surface area contributed by atoms with Gasteiger partial charge in [0, 0.05) is 36.8 Å². The average molecular weight is 1330 g/mol. The van der Waals surface area contributed by atoms with E-state index in [4.69, 9.17) is 22.9 Å². The number of hydrogen-bond donors (Lipinski definition) is 12. The lowest BCUT2D eigenvalue weighted by atomic mass is 9.47. The van der Waals surface area contributed by atoms with Crippen LogP contribution >= 0.6 is 0 Å². The van der Waals surface area contributed by atoms with Gasteiger partial charge in [-0.1, -0.05) is 60.7 Å². The van der Waals surface area contributed by atoms with Crippen LogP contribution in [0.15, 0.2) is 60.7 Å². The van der Waals surface area contributed by atoms with Crippen LogP contribution < -0.4 is 65.5 Å². The fourth-order valence-corrected chi connectivity index (χ4v) is 19.6. The van der Waals surface area contributed by atoms with Gasteiger partial charge in [0.25, 0.3) is 0 Å². The van der Waals surface area contributed by atoms with Crippen LogP contribution in [0.25, 0.3) is 0 Å². The minimum atomic E-state index is -1.23. The van der Waals surface area contributed by atoms with Crippen molar-refractivity contribution in [3.05, 3.63) is 71.8 Å². The number of hydrogen-bond acceptors (Lipinski definition) is 14. The summed E-state index contributed by atoms with van der Waals surface area (Å²) < 4.78 is 0. The van der Waals surface area contributed by atoms with Gasteiger partial charge in [0.2, 0.25) is 59.1 Å². The minimum Gasteiger partial charge on any atom is -0.343 e. The maximum Gasteiger partial charge on any atom is 0.246 e. The van der Waals surface area contributed by atoms with Crippen molar-refractivity contribution in [2.24, 2.45) is 69.3 Å². The number of fused-ring (bicyclic) bond motifs is 2. The van der Waals surface area contributed by atoms with Crippen LogP contribution in [-0.2, 0) is 60.8 Å². The van der Waals surface area contributed by atoms with E-state index in [2.05, 4.69) is 42.5 Å². The lowest BCUT2D eigenvalue weighted by Gasteiger charge is -2.59. The maximum atomic E-state index is 15.6. The fraction of sp³-hybridized carbons (Fsp3) is 0.694. The molecule has 0 unspecified atom stereocenters. The van der Waals surface area contributed by atoms with Gasteiger partial charge in [0.1, 0.15) is 60.4 Å². The second-order valence-corrected chi connectivity index (χ2v) is 30.3. The standard InChI is InChI=1S/C72H106N14O10/c73-23-7-17-51-61(87)81-55(35-43-13-3-1-4-14-43)69(95)85-27-11-21-57(85)65(91)77-53(19-9-25-75)63(89)84-60(72-40-48-32-49(41-72)34-50(33-48)42-72)68(94)80-52(18-8-24-74)62(88)82-56(36-44-15-5-2-6-16-44)70(96)86-28-12-22-58(86)66(92)78-54(20-10-26-76)64(90)83-59(67(93)79-51)71-37-45-29-46(38-71)31-47(30-45)39-71/h1-6,13-16,45-60H,7-12,17-42,73-76H2,(H,77,91)(H,78,92)(H,79,93)(H,80,94)(H,81,87)(H,82,88)(H,83,90)(H,84,89)/t45?,46?,47?,48?,49?,50?,51-,52-,53-,54-,55+,56+,57-,58-,59-,60+,71?,72?/m0/s1. The number of carbonyl (C=O) groups excluding carboxylic acids is 10. The highest BCUT2D eigenvalue weighted by atomic mass is 16.2. The third-order valence-corrected chi connectivity index (χ3v) is 23.3. The van der Waals surface area contributed by atoms with Gasteiger partial charge in [-0.25, -0.2) is 0 Å². The third-order valence-electron chi connectivity index (χ3n) is 23.3. The summed E-state index contributed by atoms with van der Waals surface area (Å²) in [6, 6.07) is 6.61. The lowest BCUT2D eigenvalue weighted by molar-refractivity contribution is -0.146. The molecule has 3 aliphatic heterocycles. The predicted molar refractivity (Wildman–Crippen MR) is 360 cm³/mol. The second-order valence-electron chi connectivity index (χ2n) is 30.3. The van der Waals surface area contributed by atoms with Gasteiger partial charge < -0.3 is 75.3 Å². The molecule has 0 radical (unpaired) electrons. The second kappa shape index (κ2) is 31.7. The van der Waals surface area contributed by atoms with Crippen LogP contribution in [0.4, 0.5) is 0 Å². The molecule has 2 aromatic rings. The molecule has 8 bridgehead atoms. The van der Waals surface area contributed by atoms with E-state index in [-0.39, 0.29) is 90.6 Å². The maximum absolute atomic E-state index is 15.6. The molecule has 524 valence electrons. The number of nitrogens with two attached hydrogens (primary N) is 4. The van der Waals surface area contributed by atoms with Crippen LogP contribution in [0.5, 0.6) is 0 Å². The van der Waals surface area contributed by atoms with Crippen molar-refractivity contribution < 1.29 is 47.9 Å². The van der Waals surface area contributed by atoms with Crippen LogP contribution in [0.3, 0.4) is 0 Å². The van der Waals surface area contributed by atoms with Gasteiger partial charge >= 0.3 is 0 Å². The Bertz CT molecular complexity index is 2840. The Morgan fingerprint density at radius 2 is 0.615 bits per heavy atom. The van der Waals surface area contributed by atoms with Crippen molar-refractivity contribution in [1.82, 2.24) is 52.3 Å². The Morgan fingerprint density at radius 1 is 0.344 bits per heavy atom. The Labute approximate surface area is 564 Å². The van der Waals surface area contributed by atoms with E-state index in [1.165, 1.54) is 9.80 Å². The summed E-state index contributed by atoms with van der Waals surface area (Å²) in [4.78, 5) is 156. The summed E-state index contributed by atoms with van der Waals surface area (Å²) in [5.41, 5.74) is 24.6. The number of nitrogens with zero attached hydrogens (tertiary/aromatic N) is 2. The van der Waals surface area contributed by atoms with Crippen LogP contribution in [0, 0.1) is 46.3 Å². The summed E-state index contributed by atoms with van der Waals surface area (Å²) in [6.07, 6.45) is 13.3. The summed E-state index contributed by atoms with van der Waals surface area (Å²) >= 11 is 0. The fourth-order valence-electron chi connectivity index (χ4n) is 19.6. The smallest absolute Gasteiger partial charge is 0.246 e. The Hall–Kier alpha value is -7.02. The van der Waals surface area contributed by atoms with E-state index in [1.54, 1.807) is 0 Å². The van der Waals surface area contributed by atoms with Crippen molar-refractivity contribution in [2.75, 3.05) is 39.3 Å². The molecule has 24 heteroatoms. The highest BCUT2D eigenvalue weighted by Gasteiger charge is 2.59. The van der Waals surface area contributed by atoms with Crippen LogP contribution in [0.2, 0.25) is 0 Å². The summed E-state index contributed by atoms with van der Waals surface area (Å²) in [5.74, 6) is -3.94. The molecule has 11 aliphatic rings. The zero-order valence-electron chi connectivity index (χ0n) is 55.9. The molecule has 13 rings (SSSR count). The van der Waals surface area contributed by atoms with Crippen LogP contribution in [0.1, 0.15) is 165 Å². The van der Waals surface area contributed by atoms with E-state index in [9.17, 15) is 0 Å². The number of rotatable bonds is 18. The van der Waals surface area contributed by atoms with Gasteiger partial charge in [0.15, 0.2) is 0 Å². The molecular weight excluding hydrogens is 1220 g/mol. The predicted octanol–water partition coefficient (Wildman–Crippen LogP) is 1.73. The first-order valence-electron chi connectivity index (χ1n) is 36.3. The minimum absolute atomic E-state index is 0.0285. The van der Waals surface area contributed by atoms with Crippen molar-refractivity contribution >= 4 is 59.1 Å². The van der Waals surface area contributed by atoms with Crippen molar-refractivity contribution in [1.29, 1.82) is 0 Å². The molecule has 8 aliphatic carbocycles. The highest BCUT2D eigenvalue weighted by molar-refractivity contribution is 6.00. The molecule has 2 aromatic carbocycles. The molecule has 96 heavy (non-hydrogen) atoms. The highest BCUT2D eigenvalue weighted by Crippen LogP contribution is 2.63. The normalized spacial score (nSPS) is 35.6. The van der Waals surface area contributed by atoms with Gasteiger partial charge in [0.05, 0.1) is 0 Å². The number of amides is 10. The third kappa shape index (κ3) is 16.2. The Kier molecular flexibility index (Phi) is 23.2. The first-order valence-corrected chi connectivity index (χ1v) is 36.3. The van der Waals surface area contributed by atoms with Crippen molar-refractivity contribution in [2.45, 2.75) is 227 Å². The molecule has 16 N–H and O–H groups in total. The summed E-state index contributed by atoms with van der Waals surface area (Å²) in [5, 5.41) is 24.5. The Morgan fingerprint density at radius 3 is 0.906 bits per heavy atom. The monoisotopic (exact) mass is 1330 g/mol. The molecule has 24 nitrogen and oxygen atoms in total. The van der Waals surface area contributed by atoms with Gasteiger partial charge in [-0.3, -0.25) is 47.9 Å². The molecule has 0 spiro atoms. The molecule has 3 saturated heterocycles. The molecule has 3 heterocycles. The number of carbonyl (C=O) groups is 10. The lowest BCUT2D eigenvalue weighted by Crippen LogP contribution is -2.66. The quantitative estimate of drug-likeness (QED) is 0.101. The van der Waals surface area contributed by atoms with E-state index in [1.807, 2.05) is 60.7 Å².